The van der Waals surface area contributed by atoms with Gasteiger partial charge in [-0.05, 0) is 23.9 Å². The van der Waals surface area contributed by atoms with Crippen molar-refractivity contribution in [3.63, 3.8) is 0 Å². The number of aliphatic hydroxyl groups is 1. The fourth-order valence-electron chi connectivity index (χ4n) is 2.18. The molecule has 124 valence electrons. The highest BCUT2D eigenvalue weighted by molar-refractivity contribution is 7.10. The minimum Gasteiger partial charge on any atom is -0.383 e. The van der Waals surface area contributed by atoms with E-state index in [1.54, 1.807) is 14.0 Å². The number of ether oxygens (including phenoxy) is 1. The van der Waals surface area contributed by atoms with Gasteiger partial charge in [0, 0.05) is 18.5 Å². The maximum Gasteiger partial charge on any atom is 0.315 e. The van der Waals surface area contributed by atoms with Gasteiger partial charge in [-0.1, -0.05) is 36.4 Å². The number of nitrogens with one attached hydrogen (secondary N) is 2. The first kappa shape index (κ1) is 17.5. The van der Waals surface area contributed by atoms with Crippen LogP contribution in [0.2, 0.25) is 0 Å². The van der Waals surface area contributed by atoms with Gasteiger partial charge in [-0.25, -0.2) is 4.79 Å². The molecule has 5 nitrogen and oxygen atoms in total. The zero-order valence-electron chi connectivity index (χ0n) is 13.3. The maximum absolute atomic E-state index is 11.9. The minimum absolute atomic E-state index is 0.141. The van der Waals surface area contributed by atoms with Crippen molar-refractivity contribution in [3.8, 4) is 0 Å². The monoisotopic (exact) mass is 334 g/mol. The summed E-state index contributed by atoms with van der Waals surface area (Å²) in [6, 6.07) is 13.1. The highest BCUT2D eigenvalue weighted by Gasteiger charge is 2.24. The van der Waals surface area contributed by atoms with Crippen LogP contribution >= 0.6 is 11.3 Å². The van der Waals surface area contributed by atoms with E-state index in [1.807, 2.05) is 47.8 Å². The van der Waals surface area contributed by atoms with Crippen LogP contribution in [0.5, 0.6) is 0 Å². The average Bonchev–Trinajstić information content (AvgIpc) is 3.10. The van der Waals surface area contributed by atoms with Gasteiger partial charge in [0.25, 0.3) is 0 Å². The summed E-state index contributed by atoms with van der Waals surface area (Å²) in [6.07, 6.45) is -0.209. The van der Waals surface area contributed by atoms with Crippen LogP contribution in [0.1, 0.15) is 23.5 Å². The van der Waals surface area contributed by atoms with E-state index >= 15 is 0 Å². The molecule has 2 amide bonds. The van der Waals surface area contributed by atoms with Gasteiger partial charge in [0.1, 0.15) is 5.60 Å². The molecule has 1 aromatic heterocycles. The van der Waals surface area contributed by atoms with Crippen LogP contribution in [-0.4, -0.2) is 31.3 Å². The summed E-state index contributed by atoms with van der Waals surface area (Å²) in [5.74, 6) is 0. The number of hydrogen-bond acceptors (Lipinski definition) is 4. The van der Waals surface area contributed by atoms with Crippen LogP contribution in [-0.2, 0) is 10.3 Å². The van der Waals surface area contributed by atoms with E-state index in [0.717, 1.165) is 10.4 Å². The van der Waals surface area contributed by atoms with E-state index in [0.29, 0.717) is 6.54 Å². The van der Waals surface area contributed by atoms with E-state index in [-0.39, 0.29) is 18.7 Å². The standard InChI is InChI=1S/C17H22N2O3S/c1-17(21,15-9-6-10-23-15)12-19-16(20)18-11-14(22-2)13-7-4-3-5-8-13/h3-10,14,21H,11-12H2,1-2H3,(H2,18,19,20)/t14-,17-/m0/s1. The van der Waals surface area contributed by atoms with E-state index in [1.165, 1.54) is 11.3 Å². The van der Waals surface area contributed by atoms with Crippen molar-refractivity contribution in [1.82, 2.24) is 10.6 Å². The van der Waals surface area contributed by atoms with Gasteiger partial charge in [-0.15, -0.1) is 11.3 Å². The van der Waals surface area contributed by atoms with Gasteiger partial charge >= 0.3 is 6.03 Å². The van der Waals surface area contributed by atoms with Crippen LogP contribution in [0.25, 0.3) is 0 Å². The molecule has 0 unspecified atom stereocenters. The first-order chi connectivity index (χ1) is 11.0. The predicted octanol–water partition coefficient (Wildman–Crippen LogP) is 2.64. The van der Waals surface area contributed by atoms with Gasteiger partial charge < -0.3 is 20.5 Å². The van der Waals surface area contributed by atoms with Gasteiger partial charge in [0.2, 0.25) is 0 Å². The Balaban J connectivity index is 1.81. The van der Waals surface area contributed by atoms with Crippen molar-refractivity contribution >= 4 is 17.4 Å². The summed E-state index contributed by atoms with van der Waals surface area (Å²) in [6.45, 7) is 2.18. The molecule has 2 rings (SSSR count). The smallest absolute Gasteiger partial charge is 0.315 e. The minimum atomic E-state index is -1.08. The molecular weight excluding hydrogens is 312 g/mol. The van der Waals surface area contributed by atoms with Gasteiger partial charge in [0.05, 0.1) is 12.6 Å². The largest absolute Gasteiger partial charge is 0.383 e. The Morgan fingerprint density at radius 2 is 2.00 bits per heavy atom. The molecule has 0 fully saturated rings. The Bertz CT molecular complexity index is 600. The summed E-state index contributed by atoms with van der Waals surface area (Å²) in [4.78, 5) is 12.7. The molecule has 0 spiro atoms. The van der Waals surface area contributed by atoms with E-state index in [9.17, 15) is 9.90 Å². The Hall–Kier alpha value is -1.89. The summed E-state index contributed by atoms with van der Waals surface area (Å²) in [7, 11) is 1.61. The van der Waals surface area contributed by atoms with Gasteiger partial charge in [-0.3, -0.25) is 0 Å². The van der Waals surface area contributed by atoms with E-state index < -0.39 is 5.60 Å². The molecule has 0 saturated heterocycles. The molecule has 6 heteroatoms. The van der Waals surface area contributed by atoms with E-state index in [2.05, 4.69) is 10.6 Å². The lowest BCUT2D eigenvalue weighted by atomic mass is 10.1. The summed E-state index contributed by atoms with van der Waals surface area (Å²) < 4.78 is 5.40. The maximum atomic E-state index is 11.9. The SMILES string of the molecule is CO[C@@H](CNC(=O)NC[C@](C)(O)c1cccs1)c1ccccc1. The number of thiophene rings is 1. The Morgan fingerprint density at radius 3 is 2.61 bits per heavy atom. The first-order valence-corrected chi connectivity index (χ1v) is 8.26. The highest BCUT2D eigenvalue weighted by Crippen LogP contribution is 2.24. The topological polar surface area (TPSA) is 70.6 Å². The van der Waals surface area contributed by atoms with Crippen LogP contribution in [0.4, 0.5) is 4.79 Å². The van der Waals surface area contributed by atoms with Crippen LogP contribution in [0.3, 0.4) is 0 Å². The number of methoxy groups -OCH3 is 1. The molecule has 23 heavy (non-hydrogen) atoms. The predicted molar refractivity (Wildman–Crippen MR) is 91.5 cm³/mol. The summed E-state index contributed by atoms with van der Waals surface area (Å²) in [5, 5.41) is 17.7. The highest BCUT2D eigenvalue weighted by atomic mass is 32.1. The third-order valence-electron chi connectivity index (χ3n) is 3.55. The molecule has 2 atom stereocenters. The first-order valence-electron chi connectivity index (χ1n) is 7.39. The number of carbonyl (C=O) groups excluding carboxylic acids is 1. The number of benzene rings is 1. The summed E-state index contributed by atoms with van der Waals surface area (Å²) >= 11 is 1.46. The molecule has 2 aromatic rings. The van der Waals surface area contributed by atoms with Crippen molar-refractivity contribution in [1.29, 1.82) is 0 Å². The Morgan fingerprint density at radius 1 is 1.26 bits per heavy atom. The lowest BCUT2D eigenvalue weighted by Gasteiger charge is -2.23. The third kappa shape index (κ3) is 5.06. The molecule has 0 aliphatic heterocycles. The third-order valence-corrected chi connectivity index (χ3v) is 4.67. The molecule has 0 saturated carbocycles. The molecular formula is C17H22N2O3S. The molecule has 1 heterocycles. The lowest BCUT2D eigenvalue weighted by molar-refractivity contribution is 0.0626. The number of urea groups is 1. The second-order valence-corrected chi connectivity index (χ2v) is 6.40. The summed E-state index contributed by atoms with van der Waals surface area (Å²) in [5.41, 5.74) is -0.0770. The second kappa shape index (κ2) is 8.10. The fraction of sp³-hybridized carbons (Fsp3) is 0.353. The molecule has 1 aromatic carbocycles. The number of amides is 2. The number of hydrogen-bond donors (Lipinski definition) is 3. The van der Waals surface area contributed by atoms with Crippen molar-refractivity contribution in [3.05, 3.63) is 58.3 Å². The van der Waals surface area contributed by atoms with Crippen molar-refractivity contribution < 1.29 is 14.6 Å². The second-order valence-electron chi connectivity index (χ2n) is 5.45. The van der Waals surface area contributed by atoms with E-state index in [4.69, 9.17) is 4.74 Å². The van der Waals surface area contributed by atoms with Crippen LogP contribution < -0.4 is 10.6 Å². The number of rotatable bonds is 7. The van der Waals surface area contributed by atoms with Crippen molar-refractivity contribution in [2.75, 3.05) is 20.2 Å². The Kier molecular flexibility index (Phi) is 6.15. The average molecular weight is 334 g/mol. The zero-order valence-corrected chi connectivity index (χ0v) is 14.1. The molecule has 3 N–H and O–H groups in total. The molecule has 0 aliphatic carbocycles. The lowest BCUT2D eigenvalue weighted by Crippen LogP contribution is -2.44. The molecule has 0 bridgehead atoms. The van der Waals surface area contributed by atoms with Crippen molar-refractivity contribution in [2.24, 2.45) is 0 Å². The molecule has 0 radical (unpaired) electrons. The van der Waals surface area contributed by atoms with Crippen LogP contribution in [0.15, 0.2) is 47.8 Å². The van der Waals surface area contributed by atoms with Gasteiger partial charge in [-0.2, -0.15) is 0 Å². The molecule has 0 aliphatic rings. The quantitative estimate of drug-likeness (QED) is 0.729. The fourth-order valence-corrected chi connectivity index (χ4v) is 2.96. The zero-order chi connectivity index (χ0) is 16.7. The van der Waals surface area contributed by atoms with Crippen LogP contribution in [0, 0.1) is 0 Å². The van der Waals surface area contributed by atoms with Gasteiger partial charge in [0.15, 0.2) is 0 Å². The van der Waals surface area contributed by atoms with Crippen molar-refractivity contribution in [2.45, 2.75) is 18.6 Å². The normalized spacial score (nSPS) is 14.7. The number of carbonyl (C=O) groups is 1. The Labute approximate surface area is 140 Å².